The zero-order valence-electron chi connectivity index (χ0n) is 15.3. The Balaban J connectivity index is 1.99. The van der Waals surface area contributed by atoms with Gasteiger partial charge in [0.25, 0.3) is 0 Å². The van der Waals surface area contributed by atoms with Crippen molar-refractivity contribution in [2.24, 2.45) is 0 Å². The van der Waals surface area contributed by atoms with Crippen LogP contribution in [0.15, 0.2) is 18.2 Å². The molecule has 3 N–H and O–H groups in total. The third kappa shape index (κ3) is 5.22. The van der Waals surface area contributed by atoms with E-state index in [4.69, 9.17) is 5.11 Å². The molecule has 3 nitrogen and oxygen atoms in total. The van der Waals surface area contributed by atoms with Crippen LogP contribution in [0.4, 0.5) is 0 Å². The summed E-state index contributed by atoms with van der Waals surface area (Å²) in [5, 5.41) is 29.2. The van der Waals surface area contributed by atoms with Gasteiger partial charge in [0.2, 0.25) is 0 Å². The second-order valence-corrected chi connectivity index (χ2v) is 8.06. The highest BCUT2D eigenvalue weighted by Crippen LogP contribution is 2.40. The van der Waals surface area contributed by atoms with Crippen molar-refractivity contribution >= 4 is 0 Å². The Kier molecular flexibility index (Phi) is 7.12. The first kappa shape index (κ1) is 19.3. The van der Waals surface area contributed by atoms with E-state index in [1.165, 1.54) is 5.56 Å². The molecule has 0 unspecified atom stereocenters. The van der Waals surface area contributed by atoms with E-state index in [1.807, 2.05) is 6.07 Å². The molecule has 2 rings (SSSR count). The topological polar surface area (TPSA) is 60.7 Å². The molecule has 1 aliphatic rings. The lowest BCUT2D eigenvalue weighted by Gasteiger charge is -2.29. The van der Waals surface area contributed by atoms with Crippen LogP contribution < -0.4 is 0 Å². The summed E-state index contributed by atoms with van der Waals surface area (Å²) in [5.74, 6) is 0.671. The van der Waals surface area contributed by atoms with Crippen LogP contribution in [0.2, 0.25) is 0 Å². The Labute approximate surface area is 146 Å². The molecule has 136 valence electrons. The summed E-state index contributed by atoms with van der Waals surface area (Å²) < 4.78 is 0. The summed E-state index contributed by atoms with van der Waals surface area (Å²) in [6.07, 6.45) is 8.87. The standard InChI is InChI=1S/C21H34O3/c1-21(2,12-5-3-4-6-13-22)17-10-11-19(20(24)15-17)16-8-7-9-18(23)14-16/h10-11,15-16,18,22-24H,3-9,12-14H2,1-2H3/t16-,18+/m0/s1. The molecule has 0 radical (unpaired) electrons. The maximum absolute atomic E-state index is 10.5. The van der Waals surface area contributed by atoms with Gasteiger partial charge in [0.05, 0.1) is 6.10 Å². The number of aliphatic hydroxyl groups is 2. The SMILES string of the molecule is CC(C)(CCCCCCO)c1ccc([C@H]2CCC[C@@H](O)C2)c(O)c1. The molecule has 1 saturated carbocycles. The Morgan fingerprint density at radius 2 is 1.83 bits per heavy atom. The van der Waals surface area contributed by atoms with Crippen LogP contribution in [-0.2, 0) is 5.41 Å². The molecule has 0 saturated heterocycles. The zero-order chi connectivity index (χ0) is 17.6. The highest BCUT2D eigenvalue weighted by atomic mass is 16.3. The number of aromatic hydroxyl groups is 1. The maximum atomic E-state index is 10.5. The molecular formula is C21H34O3. The predicted octanol–water partition coefficient (Wildman–Crippen LogP) is 4.63. The Hall–Kier alpha value is -1.06. The highest BCUT2D eigenvalue weighted by Gasteiger charge is 2.26. The molecule has 1 aromatic carbocycles. The van der Waals surface area contributed by atoms with E-state index in [9.17, 15) is 10.2 Å². The van der Waals surface area contributed by atoms with Gasteiger partial charge in [0.15, 0.2) is 0 Å². The minimum absolute atomic E-state index is 0.0430. The summed E-state index contributed by atoms with van der Waals surface area (Å²) in [7, 11) is 0. The summed E-state index contributed by atoms with van der Waals surface area (Å²) in [5.41, 5.74) is 2.22. The van der Waals surface area contributed by atoms with Gasteiger partial charge in [-0.3, -0.25) is 0 Å². The van der Waals surface area contributed by atoms with Crippen molar-refractivity contribution in [2.45, 2.75) is 89.1 Å². The van der Waals surface area contributed by atoms with Gasteiger partial charge in [-0.05, 0) is 60.6 Å². The van der Waals surface area contributed by atoms with Crippen LogP contribution >= 0.6 is 0 Å². The molecule has 24 heavy (non-hydrogen) atoms. The molecule has 0 aliphatic heterocycles. The second kappa shape index (κ2) is 8.87. The molecule has 1 fully saturated rings. The number of hydrogen-bond acceptors (Lipinski definition) is 3. The van der Waals surface area contributed by atoms with Gasteiger partial charge in [0, 0.05) is 6.61 Å². The van der Waals surface area contributed by atoms with Gasteiger partial charge in [-0.2, -0.15) is 0 Å². The molecule has 2 atom stereocenters. The largest absolute Gasteiger partial charge is 0.508 e. The van der Waals surface area contributed by atoms with E-state index in [2.05, 4.69) is 26.0 Å². The van der Waals surface area contributed by atoms with Gasteiger partial charge < -0.3 is 15.3 Å². The Morgan fingerprint density at radius 1 is 1.08 bits per heavy atom. The van der Waals surface area contributed by atoms with Gasteiger partial charge in [0.1, 0.15) is 5.75 Å². The molecule has 0 bridgehead atoms. The van der Waals surface area contributed by atoms with E-state index in [-0.39, 0.29) is 24.0 Å². The van der Waals surface area contributed by atoms with Crippen LogP contribution in [0.5, 0.6) is 5.75 Å². The molecule has 0 heterocycles. The number of hydrogen-bond donors (Lipinski definition) is 3. The van der Waals surface area contributed by atoms with Crippen molar-refractivity contribution < 1.29 is 15.3 Å². The Morgan fingerprint density at radius 3 is 2.50 bits per heavy atom. The van der Waals surface area contributed by atoms with Gasteiger partial charge in [-0.15, -0.1) is 0 Å². The van der Waals surface area contributed by atoms with Crippen molar-refractivity contribution in [2.75, 3.05) is 6.61 Å². The second-order valence-electron chi connectivity index (χ2n) is 8.06. The molecule has 1 aromatic rings. The van der Waals surface area contributed by atoms with Crippen molar-refractivity contribution in [3.63, 3.8) is 0 Å². The summed E-state index contributed by atoms with van der Waals surface area (Å²) >= 11 is 0. The number of phenolic OH excluding ortho intramolecular Hbond substituents is 1. The molecular weight excluding hydrogens is 300 g/mol. The lowest BCUT2D eigenvalue weighted by atomic mass is 9.77. The quantitative estimate of drug-likeness (QED) is 0.607. The predicted molar refractivity (Wildman–Crippen MR) is 98.5 cm³/mol. The highest BCUT2D eigenvalue weighted by molar-refractivity contribution is 5.41. The molecule has 3 heteroatoms. The number of rotatable bonds is 8. The van der Waals surface area contributed by atoms with Crippen molar-refractivity contribution in [1.29, 1.82) is 0 Å². The smallest absolute Gasteiger partial charge is 0.119 e. The molecule has 1 aliphatic carbocycles. The van der Waals surface area contributed by atoms with Crippen LogP contribution in [-0.4, -0.2) is 28.0 Å². The normalized spacial score (nSPS) is 21.8. The van der Waals surface area contributed by atoms with Crippen LogP contribution in [0.3, 0.4) is 0 Å². The summed E-state index contributed by atoms with van der Waals surface area (Å²) in [4.78, 5) is 0. The average molecular weight is 335 g/mol. The average Bonchev–Trinajstić information content (AvgIpc) is 2.54. The van der Waals surface area contributed by atoms with Crippen LogP contribution in [0, 0.1) is 0 Å². The lowest BCUT2D eigenvalue weighted by Crippen LogP contribution is -2.19. The van der Waals surface area contributed by atoms with Crippen molar-refractivity contribution in [1.82, 2.24) is 0 Å². The van der Waals surface area contributed by atoms with Gasteiger partial charge in [-0.1, -0.05) is 51.7 Å². The van der Waals surface area contributed by atoms with Crippen molar-refractivity contribution in [3.05, 3.63) is 29.3 Å². The molecule has 0 spiro atoms. The fourth-order valence-corrected chi connectivity index (χ4v) is 3.93. The zero-order valence-corrected chi connectivity index (χ0v) is 15.3. The van der Waals surface area contributed by atoms with Crippen LogP contribution in [0.1, 0.15) is 88.7 Å². The lowest BCUT2D eigenvalue weighted by molar-refractivity contribution is 0.119. The van der Waals surface area contributed by atoms with E-state index < -0.39 is 0 Å². The third-order valence-corrected chi connectivity index (χ3v) is 5.61. The summed E-state index contributed by atoms with van der Waals surface area (Å²) in [6.45, 7) is 4.75. The first-order valence-corrected chi connectivity index (χ1v) is 9.56. The van der Waals surface area contributed by atoms with E-state index >= 15 is 0 Å². The minimum atomic E-state index is -0.224. The number of aliphatic hydroxyl groups excluding tert-OH is 2. The number of benzene rings is 1. The van der Waals surface area contributed by atoms with E-state index in [0.29, 0.717) is 5.75 Å². The molecule has 0 amide bonds. The van der Waals surface area contributed by atoms with E-state index in [1.54, 1.807) is 0 Å². The minimum Gasteiger partial charge on any atom is -0.508 e. The monoisotopic (exact) mass is 334 g/mol. The number of phenols is 1. The Bertz CT molecular complexity index is 510. The van der Waals surface area contributed by atoms with Crippen LogP contribution in [0.25, 0.3) is 0 Å². The fourth-order valence-electron chi connectivity index (χ4n) is 3.93. The first-order chi connectivity index (χ1) is 11.4. The van der Waals surface area contributed by atoms with Gasteiger partial charge in [-0.25, -0.2) is 0 Å². The van der Waals surface area contributed by atoms with Crippen molar-refractivity contribution in [3.8, 4) is 5.75 Å². The van der Waals surface area contributed by atoms with Gasteiger partial charge >= 0.3 is 0 Å². The van der Waals surface area contributed by atoms with E-state index in [0.717, 1.165) is 63.4 Å². The number of unbranched alkanes of at least 4 members (excludes halogenated alkanes) is 3. The summed E-state index contributed by atoms with van der Waals surface area (Å²) in [6, 6.07) is 6.16. The first-order valence-electron chi connectivity index (χ1n) is 9.56. The molecule has 0 aromatic heterocycles. The third-order valence-electron chi connectivity index (χ3n) is 5.61. The maximum Gasteiger partial charge on any atom is 0.119 e. The fraction of sp³-hybridized carbons (Fsp3) is 0.714.